The summed E-state index contributed by atoms with van der Waals surface area (Å²) in [6, 6.07) is 9.32. The van der Waals surface area contributed by atoms with Crippen LogP contribution in [0.15, 0.2) is 42.6 Å². The summed E-state index contributed by atoms with van der Waals surface area (Å²) in [7, 11) is 1.57. The van der Waals surface area contributed by atoms with Crippen molar-refractivity contribution in [2.24, 2.45) is 0 Å². The lowest BCUT2D eigenvalue weighted by Gasteiger charge is -2.35. The molecular formula is C18H18F3N3O2. The number of carbonyl (C=O) groups excluding carboxylic acids is 1. The molecule has 0 aliphatic carbocycles. The summed E-state index contributed by atoms with van der Waals surface area (Å²) >= 11 is 0. The Kier molecular flexibility index (Phi) is 5.01. The zero-order valence-corrected chi connectivity index (χ0v) is 14.2. The highest BCUT2D eigenvalue weighted by Gasteiger charge is 2.32. The fourth-order valence-electron chi connectivity index (χ4n) is 2.83. The fourth-order valence-corrected chi connectivity index (χ4v) is 2.83. The number of pyridine rings is 1. The Morgan fingerprint density at radius 2 is 2.00 bits per heavy atom. The quantitative estimate of drug-likeness (QED) is 0.836. The zero-order valence-electron chi connectivity index (χ0n) is 14.2. The number of nitrogens with zero attached hydrogens (tertiary/aromatic N) is 3. The number of hydrogen-bond acceptors (Lipinski definition) is 4. The van der Waals surface area contributed by atoms with Crippen LogP contribution in [0.1, 0.15) is 11.1 Å². The first-order valence-electron chi connectivity index (χ1n) is 8.06. The number of rotatable bonds is 4. The number of halogens is 3. The molecular weight excluding hydrogens is 347 g/mol. The van der Waals surface area contributed by atoms with Crippen LogP contribution in [-0.2, 0) is 17.5 Å². The van der Waals surface area contributed by atoms with Gasteiger partial charge in [0, 0.05) is 25.8 Å². The van der Waals surface area contributed by atoms with Gasteiger partial charge in [-0.15, -0.1) is 0 Å². The molecule has 0 atom stereocenters. The smallest absolute Gasteiger partial charge is 0.416 e. The molecule has 1 aliphatic rings. The highest BCUT2D eigenvalue weighted by Crippen LogP contribution is 2.31. The predicted octanol–water partition coefficient (Wildman–Crippen LogP) is 2.96. The summed E-state index contributed by atoms with van der Waals surface area (Å²) in [5, 5.41) is 0. The van der Waals surface area contributed by atoms with Crippen LogP contribution in [0, 0.1) is 0 Å². The van der Waals surface area contributed by atoms with Crippen molar-refractivity contribution in [3.8, 4) is 5.75 Å². The Morgan fingerprint density at radius 3 is 2.69 bits per heavy atom. The lowest BCUT2D eigenvalue weighted by atomic mass is 10.1. The van der Waals surface area contributed by atoms with Crippen LogP contribution in [0.2, 0.25) is 0 Å². The van der Waals surface area contributed by atoms with E-state index in [1.54, 1.807) is 16.9 Å². The number of piperazine rings is 1. The fraction of sp³-hybridized carbons (Fsp3) is 0.333. The summed E-state index contributed by atoms with van der Waals surface area (Å²) in [6.07, 6.45) is -3.32. The second-order valence-electron chi connectivity index (χ2n) is 5.99. The Balaban J connectivity index is 1.68. The highest BCUT2D eigenvalue weighted by atomic mass is 19.4. The van der Waals surface area contributed by atoms with Gasteiger partial charge in [-0.3, -0.25) is 4.79 Å². The topological polar surface area (TPSA) is 45.7 Å². The lowest BCUT2D eigenvalue weighted by molar-refractivity contribution is -0.137. The largest absolute Gasteiger partial charge is 0.497 e. The van der Waals surface area contributed by atoms with Crippen LogP contribution in [0.3, 0.4) is 0 Å². The SMILES string of the molecule is COc1cccc(CN2CCN(c3cc(C(F)(F)F)ccn3)CC2=O)c1. The molecule has 1 fully saturated rings. The first-order chi connectivity index (χ1) is 12.4. The maximum Gasteiger partial charge on any atom is 0.416 e. The van der Waals surface area contributed by atoms with E-state index in [0.717, 1.165) is 23.9 Å². The maximum atomic E-state index is 12.8. The van der Waals surface area contributed by atoms with Crippen LogP contribution in [0.5, 0.6) is 5.75 Å². The van der Waals surface area contributed by atoms with Crippen LogP contribution < -0.4 is 9.64 Å². The monoisotopic (exact) mass is 365 g/mol. The molecule has 1 aromatic carbocycles. The third kappa shape index (κ3) is 4.07. The molecule has 2 aromatic rings. The standard InChI is InChI=1S/C18H18F3N3O2/c1-26-15-4-2-3-13(9-15)11-24-8-7-23(12-17(24)25)16-10-14(5-6-22-16)18(19,20)21/h2-6,9-10H,7-8,11-12H2,1H3. The average molecular weight is 365 g/mol. The molecule has 1 aromatic heterocycles. The number of ether oxygens (including phenoxy) is 1. The number of amides is 1. The normalized spacial score (nSPS) is 15.3. The van der Waals surface area contributed by atoms with E-state index in [1.165, 1.54) is 0 Å². The number of carbonyl (C=O) groups is 1. The minimum atomic E-state index is -4.43. The molecule has 2 heterocycles. The number of aromatic nitrogens is 1. The van der Waals surface area contributed by atoms with Crippen molar-refractivity contribution in [3.05, 3.63) is 53.7 Å². The van der Waals surface area contributed by atoms with Crippen LogP contribution >= 0.6 is 0 Å². The molecule has 0 bridgehead atoms. The van der Waals surface area contributed by atoms with Crippen molar-refractivity contribution in [1.29, 1.82) is 0 Å². The van der Waals surface area contributed by atoms with Gasteiger partial charge in [-0.25, -0.2) is 4.98 Å². The molecule has 0 saturated carbocycles. The van der Waals surface area contributed by atoms with Crippen molar-refractivity contribution in [1.82, 2.24) is 9.88 Å². The molecule has 26 heavy (non-hydrogen) atoms. The minimum Gasteiger partial charge on any atom is -0.497 e. The van der Waals surface area contributed by atoms with E-state index in [9.17, 15) is 18.0 Å². The van der Waals surface area contributed by atoms with Crippen LogP contribution in [0.25, 0.3) is 0 Å². The molecule has 1 saturated heterocycles. The summed E-state index contributed by atoms with van der Waals surface area (Å²) in [5.41, 5.74) is 0.164. The Labute approximate surface area is 149 Å². The molecule has 0 radical (unpaired) electrons. The van der Waals surface area contributed by atoms with E-state index in [4.69, 9.17) is 4.74 Å². The Bertz CT molecular complexity index is 795. The van der Waals surface area contributed by atoms with Crippen molar-refractivity contribution in [2.45, 2.75) is 12.7 Å². The molecule has 8 heteroatoms. The first kappa shape index (κ1) is 18.0. The molecule has 138 valence electrons. The number of alkyl halides is 3. The van der Waals surface area contributed by atoms with Gasteiger partial charge < -0.3 is 14.5 Å². The first-order valence-corrected chi connectivity index (χ1v) is 8.06. The van der Waals surface area contributed by atoms with Crippen LogP contribution in [0.4, 0.5) is 19.0 Å². The Hall–Kier alpha value is -2.77. The van der Waals surface area contributed by atoms with Gasteiger partial charge in [0.1, 0.15) is 11.6 Å². The minimum absolute atomic E-state index is 0.00171. The van der Waals surface area contributed by atoms with Gasteiger partial charge in [0.25, 0.3) is 0 Å². The van der Waals surface area contributed by atoms with Crippen LogP contribution in [-0.4, -0.2) is 42.5 Å². The van der Waals surface area contributed by atoms with Crippen molar-refractivity contribution >= 4 is 11.7 Å². The molecule has 1 aliphatic heterocycles. The summed E-state index contributed by atoms with van der Waals surface area (Å²) in [4.78, 5) is 19.7. The van der Waals surface area contributed by atoms with Gasteiger partial charge in [0.05, 0.1) is 19.2 Å². The summed E-state index contributed by atoms with van der Waals surface area (Å²) in [6.45, 7) is 1.26. The third-order valence-electron chi connectivity index (χ3n) is 4.22. The van der Waals surface area contributed by atoms with Gasteiger partial charge in [0.15, 0.2) is 0 Å². The van der Waals surface area contributed by atoms with E-state index in [2.05, 4.69) is 4.98 Å². The van der Waals surface area contributed by atoms with Gasteiger partial charge in [-0.1, -0.05) is 12.1 Å². The van der Waals surface area contributed by atoms with E-state index >= 15 is 0 Å². The second-order valence-corrected chi connectivity index (χ2v) is 5.99. The highest BCUT2D eigenvalue weighted by molar-refractivity contribution is 5.82. The third-order valence-corrected chi connectivity index (χ3v) is 4.22. The lowest BCUT2D eigenvalue weighted by Crippen LogP contribution is -2.50. The van der Waals surface area contributed by atoms with Gasteiger partial charge in [0.2, 0.25) is 5.91 Å². The number of benzene rings is 1. The summed E-state index contributed by atoms with van der Waals surface area (Å²) < 4.78 is 43.7. The average Bonchev–Trinajstić information content (AvgIpc) is 2.63. The van der Waals surface area contributed by atoms with Crippen molar-refractivity contribution < 1.29 is 22.7 Å². The number of anilines is 1. The molecule has 3 rings (SSSR count). The second kappa shape index (κ2) is 7.23. The Morgan fingerprint density at radius 1 is 1.19 bits per heavy atom. The van der Waals surface area contributed by atoms with E-state index in [-0.39, 0.29) is 18.3 Å². The van der Waals surface area contributed by atoms with Gasteiger partial charge in [-0.05, 0) is 29.8 Å². The van der Waals surface area contributed by atoms with Crippen molar-refractivity contribution in [3.63, 3.8) is 0 Å². The van der Waals surface area contributed by atoms with Crippen molar-refractivity contribution in [2.75, 3.05) is 31.6 Å². The number of methoxy groups -OCH3 is 1. The zero-order chi connectivity index (χ0) is 18.7. The molecule has 1 amide bonds. The van der Waals surface area contributed by atoms with Gasteiger partial charge in [-0.2, -0.15) is 13.2 Å². The molecule has 0 N–H and O–H groups in total. The predicted molar refractivity (Wildman–Crippen MR) is 89.9 cm³/mol. The number of hydrogen-bond donors (Lipinski definition) is 0. The molecule has 0 unspecified atom stereocenters. The van der Waals surface area contributed by atoms with Gasteiger partial charge >= 0.3 is 6.18 Å². The van der Waals surface area contributed by atoms with E-state index in [0.29, 0.717) is 25.4 Å². The maximum absolute atomic E-state index is 12.8. The van der Waals surface area contributed by atoms with E-state index in [1.807, 2.05) is 24.3 Å². The van der Waals surface area contributed by atoms with E-state index < -0.39 is 11.7 Å². The molecule has 5 nitrogen and oxygen atoms in total. The summed E-state index contributed by atoms with van der Waals surface area (Å²) in [5.74, 6) is 0.717. The molecule has 0 spiro atoms.